The van der Waals surface area contributed by atoms with Gasteiger partial charge < -0.3 is 28.8 Å². The van der Waals surface area contributed by atoms with E-state index in [4.69, 9.17) is 28.8 Å². The molecule has 210 valence electrons. The van der Waals surface area contributed by atoms with Gasteiger partial charge in [-0.3, -0.25) is 4.79 Å². The lowest BCUT2D eigenvalue weighted by molar-refractivity contribution is -0.677. The van der Waals surface area contributed by atoms with E-state index in [0.717, 1.165) is 28.3 Å². The molecule has 0 saturated carbocycles. The number of carboxylic acids is 1. The number of nitrogens with zero attached hydrogens (tertiary/aromatic N) is 1. The highest BCUT2D eigenvalue weighted by Crippen LogP contribution is 2.35. The molecule has 8 nitrogen and oxygen atoms in total. The van der Waals surface area contributed by atoms with E-state index in [1.165, 1.54) is 0 Å². The molecule has 3 aromatic carbocycles. The van der Waals surface area contributed by atoms with Crippen molar-refractivity contribution >= 4 is 23.0 Å². The molecular weight excluding hydrogens is 531 g/mol. The predicted molar refractivity (Wildman–Crippen MR) is 137 cm³/mol. The number of aryl methyl sites for hydroxylation is 1. The number of fused-ring (bicyclic) bond motifs is 1. The van der Waals surface area contributed by atoms with Crippen LogP contribution in [0.25, 0.3) is 10.8 Å². The number of hydrogen-bond donors (Lipinski definition) is 0. The standard InChI is InChI=1S/C27H26NO5.C2HF3O2/c1-28-12-11-20-15-25(31-3)26(32-4)16-22(20)23(28)13-19-7-10-24(30-2)27(14-19)33-21-8-5-18(17-29)6-9-21;3-2(4,5)1(6)7/h5-12,14-17H,13H2,1-4H3;(H,6,7)/q+1;/p-1. The fraction of sp³-hybridized carbons (Fsp3) is 0.207. The first-order valence-corrected chi connectivity index (χ1v) is 11.7. The minimum absolute atomic E-state index is 0.596. The molecule has 0 atom stereocenters. The number of rotatable bonds is 8. The molecule has 1 heterocycles. The molecule has 0 radical (unpaired) electrons. The van der Waals surface area contributed by atoms with Gasteiger partial charge in [-0.25, -0.2) is 4.57 Å². The van der Waals surface area contributed by atoms with Crippen LogP contribution in [0.15, 0.2) is 66.9 Å². The Morgan fingerprint density at radius 3 is 2.02 bits per heavy atom. The van der Waals surface area contributed by atoms with Crippen LogP contribution < -0.4 is 28.6 Å². The zero-order valence-corrected chi connectivity index (χ0v) is 22.1. The van der Waals surface area contributed by atoms with Gasteiger partial charge in [-0.15, -0.1) is 0 Å². The zero-order valence-electron chi connectivity index (χ0n) is 22.1. The summed E-state index contributed by atoms with van der Waals surface area (Å²) in [4.78, 5) is 19.7. The molecule has 0 N–H and O–H groups in total. The van der Waals surface area contributed by atoms with Crippen LogP contribution in [0.2, 0.25) is 0 Å². The van der Waals surface area contributed by atoms with Crippen molar-refractivity contribution in [1.82, 2.24) is 0 Å². The molecule has 4 aromatic rings. The highest BCUT2D eigenvalue weighted by atomic mass is 19.4. The molecule has 0 spiro atoms. The molecule has 0 unspecified atom stereocenters. The van der Waals surface area contributed by atoms with Crippen molar-refractivity contribution in [3.63, 3.8) is 0 Å². The summed E-state index contributed by atoms with van der Waals surface area (Å²) in [5, 5.41) is 10.9. The fourth-order valence-electron chi connectivity index (χ4n) is 3.82. The molecule has 0 aliphatic carbocycles. The molecule has 1 aromatic heterocycles. The summed E-state index contributed by atoms with van der Waals surface area (Å²) in [5.41, 5.74) is 2.78. The second-order valence-corrected chi connectivity index (χ2v) is 8.40. The molecule has 0 aliphatic heterocycles. The summed E-state index contributed by atoms with van der Waals surface area (Å²) in [5.74, 6) is 0.250. The highest BCUT2D eigenvalue weighted by molar-refractivity contribution is 5.87. The van der Waals surface area contributed by atoms with Crippen LogP contribution in [-0.4, -0.2) is 39.8 Å². The Balaban J connectivity index is 0.000000559. The number of benzene rings is 3. The largest absolute Gasteiger partial charge is 0.542 e. The number of pyridine rings is 1. The maximum Gasteiger partial charge on any atom is 0.430 e. The molecule has 11 heteroatoms. The molecule has 4 rings (SSSR count). The van der Waals surface area contributed by atoms with Crippen molar-refractivity contribution in [2.75, 3.05) is 21.3 Å². The van der Waals surface area contributed by atoms with Crippen LogP contribution in [0.3, 0.4) is 0 Å². The molecular formula is C29H26F3NO7. The molecule has 0 fully saturated rings. The van der Waals surface area contributed by atoms with Crippen molar-refractivity contribution in [3.05, 3.63) is 83.7 Å². The fourth-order valence-corrected chi connectivity index (χ4v) is 3.82. The van der Waals surface area contributed by atoms with E-state index in [9.17, 15) is 18.0 Å². The van der Waals surface area contributed by atoms with Crippen LogP contribution in [-0.2, 0) is 18.3 Å². The maximum absolute atomic E-state index is 10.9. The molecule has 40 heavy (non-hydrogen) atoms. The SMILES string of the molecule is COc1cc2cc[n+](C)c(Cc3ccc(OC)c(Oc4ccc(C=O)cc4)c3)c2cc1OC.O=C([O-])C(F)(F)F. The van der Waals surface area contributed by atoms with Crippen LogP contribution in [0, 0.1) is 0 Å². The number of hydrogen-bond acceptors (Lipinski definition) is 7. The Morgan fingerprint density at radius 1 is 0.875 bits per heavy atom. The average molecular weight is 558 g/mol. The van der Waals surface area contributed by atoms with E-state index in [0.29, 0.717) is 40.7 Å². The summed E-state index contributed by atoms with van der Waals surface area (Å²) in [6, 6.07) is 18.9. The van der Waals surface area contributed by atoms with E-state index < -0.39 is 12.1 Å². The first-order chi connectivity index (χ1) is 19.0. The van der Waals surface area contributed by atoms with E-state index in [1.54, 1.807) is 45.6 Å². The number of methoxy groups -OCH3 is 3. The highest BCUT2D eigenvalue weighted by Gasteiger charge is 2.28. The molecule has 0 saturated heterocycles. The van der Waals surface area contributed by atoms with Crippen LogP contribution >= 0.6 is 0 Å². The van der Waals surface area contributed by atoms with Gasteiger partial charge in [0, 0.05) is 11.6 Å². The Morgan fingerprint density at radius 2 is 1.48 bits per heavy atom. The van der Waals surface area contributed by atoms with Gasteiger partial charge in [-0.2, -0.15) is 13.2 Å². The van der Waals surface area contributed by atoms with E-state index >= 15 is 0 Å². The number of carboxylic acid groups (broad SMARTS) is 1. The maximum atomic E-state index is 10.9. The summed E-state index contributed by atoms with van der Waals surface area (Å²) in [6.07, 6.45) is -1.67. The summed E-state index contributed by atoms with van der Waals surface area (Å²) < 4.78 is 56.2. The first-order valence-electron chi connectivity index (χ1n) is 11.7. The second kappa shape index (κ2) is 12.8. The van der Waals surface area contributed by atoms with Gasteiger partial charge in [0.2, 0.25) is 0 Å². The third kappa shape index (κ3) is 7.19. The smallest absolute Gasteiger partial charge is 0.430 e. The number of aliphatic carboxylic acids is 1. The summed E-state index contributed by atoms with van der Waals surface area (Å²) in [6.45, 7) is 0. The van der Waals surface area contributed by atoms with Crippen LogP contribution in [0.1, 0.15) is 21.6 Å². The summed E-state index contributed by atoms with van der Waals surface area (Å²) in [7, 11) is 6.92. The Hall–Kier alpha value is -4.80. The quantitative estimate of drug-likeness (QED) is 0.237. The van der Waals surface area contributed by atoms with Crippen molar-refractivity contribution in [3.8, 4) is 28.7 Å². The van der Waals surface area contributed by atoms with Gasteiger partial charge in [0.05, 0.1) is 33.1 Å². The number of carbonyl (C=O) groups excluding carboxylic acids is 2. The third-order valence-corrected chi connectivity index (χ3v) is 5.85. The van der Waals surface area contributed by atoms with Gasteiger partial charge in [-0.1, -0.05) is 6.07 Å². The normalized spacial score (nSPS) is 10.8. The topological polar surface area (TPSA) is 98.0 Å². The zero-order chi connectivity index (χ0) is 29.4. The van der Waals surface area contributed by atoms with Gasteiger partial charge in [0.1, 0.15) is 25.1 Å². The first kappa shape index (κ1) is 29.8. The number of alkyl halides is 3. The van der Waals surface area contributed by atoms with Crippen LogP contribution in [0.5, 0.6) is 28.7 Å². The van der Waals surface area contributed by atoms with Gasteiger partial charge in [-0.05, 0) is 59.5 Å². The lowest BCUT2D eigenvalue weighted by Crippen LogP contribution is -2.37. The number of carbonyl (C=O) groups is 2. The van der Waals surface area contributed by atoms with Crippen molar-refractivity contribution in [2.45, 2.75) is 12.6 Å². The van der Waals surface area contributed by atoms with E-state index in [-0.39, 0.29) is 0 Å². The predicted octanol–water partition coefficient (Wildman–Crippen LogP) is 4.18. The number of ether oxygens (including phenoxy) is 4. The number of halogens is 3. The summed E-state index contributed by atoms with van der Waals surface area (Å²) >= 11 is 0. The van der Waals surface area contributed by atoms with E-state index in [2.05, 4.69) is 10.6 Å². The lowest BCUT2D eigenvalue weighted by Gasteiger charge is -2.13. The second-order valence-electron chi connectivity index (χ2n) is 8.40. The minimum Gasteiger partial charge on any atom is -0.542 e. The number of aromatic nitrogens is 1. The van der Waals surface area contributed by atoms with Gasteiger partial charge in [0.15, 0.2) is 34.9 Å². The monoisotopic (exact) mass is 557 g/mol. The number of aldehydes is 1. The van der Waals surface area contributed by atoms with Gasteiger partial charge in [0.25, 0.3) is 0 Å². The van der Waals surface area contributed by atoms with Crippen LogP contribution in [0.4, 0.5) is 13.2 Å². The van der Waals surface area contributed by atoms with E-state index in [1.807, 2.05) is 43.6 Å². The Labute approximate surface area is 228 Å². The molecule has 0 aliphatic rings. The molecule has 0 bridgehead atoms. The van der Waals surface area contributed by atoms with Crippen molar-refractivity contribution < 1.29 is 51.4 Å². The third-order valence-electron chi connectivity index (χ3n) is 5.85. The molecule has 0 amide bonds. The van der Waals surface area contributed by atoms with Gasteiger partial charge >= 0.3 is 6.18 Å². The minimum atomic E-state index is -5.19. The van der Waals surface area contributed by atoms with Crippen molar-refractivity contribution in [1.29, 1.82) is 0 Å². The van der Waals surface area contributed by atoms with Crippen molar-refractivity contribution in [2.24, 2.45) is 7.05 Å². The Kier molecular flexibility index (Phi) is 9.54. The Bertz CT molecular complexity index is 1500. The lowest BCUT2D eigenvalue weighted by atomic mass is 10.0. The average Bonchev–Trinajstić information content (AvgIpc) is 2.94.